The number of carbonyl (C=O) groups excluding carboxylic acids is 1. The summed E-state index contributed by atoms with van der Waals surface area (Å²) < 4.78 is 20.3. The van der Waals surface area contributed by atoms with E-state index in [-0.39, 0.29) is 0 Å². The summed E-state index contributed by atoms with van der Waals surface area (Å²) in [5.74, 6) is 0.550. The molecule has 0 saturated heterocycles. The minimum atomic E-state index is -0.479. The van der Waals surface area contributed by atoms with E-state index < -0.39 is 6.10 Å². The highest BCUT2D eigenvalue weighted by Crippen LogP contribution is 2.12. The van der Waals surface area contributed by atoms with Crippen molar-refractivity contribution in [2.45, 2.75) is 6.10 Å². The van der Waals surface area contributed by atoms with E-state index in [4.69, 9.17) is 18.9 Å². The Kier molecular flexibility index (Phi) is 6.29. The van der Waals surface area contributed by atoms with Gasteiger partial charge in [0.1, 0.15) is 12.9 Å². The second kappa shape index (κ2) is 7.90. The van der Waals surface area contributed by atoms with Crippen molar-refractivity contribution in [3.8, 4) is 0 Å². The summed E-state index contributed by atoms with van der Waals surface area (Å²) in [6.07, 6.45) is 5.08. The van der Waals surface area contributed by atoms with Gasteiger partial charge in [-0.2, -0.15) is 0 Å². The maximum absolute atomic E-state index is 10.4. The Morgan fingerprint density at radius 2 is 2.19 bits per heavy atom. The Labute approximate surface area is 94.6 Å². The van der Waals surface area contributed by atoms with E-state index >= 15 is 0 Å². The molecule has 0 bridgehead atoms. The van der Waals surface area contributed by atoms with Crippen LogP contribution in [0.1, 0.15) is 0 Å². The number of carbonyl (C=O) groups is 1. The first-order valence-electron chi connectivity index (χ1n) is 5.05. The van der Waals surface area contributed by atoms with Gasteiger partial charge in [0.05, 0.1) is 19.8 Å². The van der Waals surface area contributed by atoms with Gasteiger partial charge in [-0.25, -0.2) is 0 Å². The fraction of sp³-hybridized carbons (Fsp3) is 0.545. The van der Waals surface area contributed by atoms with E-state index in [1.807, 2.05) is 0 Å². The monoisotopic (exact) mass is 228 g/mol. The lowest BCUT2D eigenvalue weighted by Crippen LogP contribution is -2.07. The lowest BCUT2D eigenvalue weighted by molar-refractivity contribution is -0.113. The van der Waals surface area contributed by atoms with Crippen molar-refractivity contribution in [1.29, 1.82) is 0 Å². The van der Waals surface area contributed by atoms with Crippen molar-refractivity contribution in [3.63, 3.8) is 0 Å². The smallest absolute Gasteiger partial charge is 0.172 e. The normalized spacial score (nSPS) is 21.1. The summed E-state index contributed by atoms with van der Waals surface area (Å²) in [6, 6.07) is 0. The number of hydrogen-bond donors (Lipinski definition) is 0. The van der Waals surface area contributed by atoms with Crippen LogP contribution in [-0.4, -0.2) is 45.9 Å². The van der Waals surface area contributed by atoms with Gasteiger partial charge in [-0.05, 0) is 12.2 Å². The van der Waals surface area contributed by atoms with Crippen LogP contribution in [0, 0.1) is 0 Å². The van der Waals surface area contributed by atoms with Crippen LogP contribution in [0.3, 0.4) is 0 Å². The van der Waals surface area contributed by atoms with E-state index in [1.54, 1.807) is 19.3 Å². The van der Waals surface area contributed by atoms with E-state index in [2.05, 4.69) is 0 Å². The summed E-state index contributed by atoms with van der Waals surface area (Å²) >= 11 is 0. The Balaban J connectivity index is 2.01. The predicted molar refractivity (Wildman–Crippen MR) is 56.8 cm³/mol. The van der Waals surface area contributed by atoms with Crippen LogP contribution in [-0.2, 0) is 23.7 Å². The number of ether oxygens (including phenoxy) is 4. The molecule has 0 aromatic carbocycles. The predicted octanol–water partition coefficient (Wildman–Crippen LogP) is 0.661. The number of methoxy groups -OCH3 is 1. The minimum Gasteiger partial charge on any atom is -0.495 e. The molecule has 1 aliphatic rings. The van der Waals surface area contributed by atoms with Crippen LogP contribution in [0.5, 0.6) is 0 Å². The van der Waals surface area contributed by atoms with Gasteiger partial charge in [-0.1, -0.05) is 0 Å². The molecule has 0 spiro atoms. The molecule has 5 nitrogen and oxygen atoms in total. The van der Waals surface area contributed by atoms with Gasteiger partial charge in [0, 0.05) is 7.11 Å². The Bertz CT molecular complexity index is 259. The minimum absolute atomic E-state index is 0.441. The first kappa shape index (κ1) is 12.7. The van der Waals surface area contributed by atoms with Crippen molar-refractivity contribution in [3.05, 3.63) is 24.2 Å². The van der Waals surface area contributed by atoms with Gasteiger partial charge in [-0.15, -0.1) is 0 Å². The van der Waals surface area contributed by atoms with E-state index in [0.29, 0.717) is 32.2 Å². The molecule has 0 aliphatic carbocycles. The van der Waals surface area contributed by atoms with Crippen molar-refractivity contribution < 1.29 is 23.7 Å². The van der Waals surface area contributed by atoms with Crippen LogP contribution in [0.2, 0.25) is 0 Å². The molecule has 1 heterocycles. The molecule has 0 N–H and O–H groups in total. The van der Waals surface area contributed by atoms with Crippen LogP contribution in [0.15, 0.2) is 24.2 Å². The van der Waals surface area contributed by atoms with E-state index in [0.717, 1.165) is 6.29 Å². The molecule has 16 heavy (non-hydrogen) atoms. The summed E-state index contributed by atoms with van der Waals surface area (Å²) in [4.78, 5) is 10.4. The zero-order valence-corrected chi connectivity index (χ0v) is 9.26. The molecule has 0 amide bonds. The Morgan fingerprint density at radius 1 is 1.38 bits per heavy atom. The van der Waals surface area contributed by atoms with Crippen molar-refractivity contribution in [2.24, 2.45) is 0 Å². The maximum Gasteiger partial charge on any atom is 0.172 e. The topological polar surface area (TPSA) is 54.0 Å². The standard InChI is InChI=1S/C11H16O5/c1-13-4-5-14-6-7-15-9-11-3-2-10(8-12)16-11/h2-3,8-10H,4-7H2,1H3. The zero-order chi connectivity index (χ0) is 11.6. The van der Waals surface area contributed by atoms with Gasteiger partial charge in [0.15, 0.2) is 18.1 Å². The molecule has 1 atom stereocenters. The number of allylic oxidation sites excluding steroid dienone is 1. The van der Waals surface area contributed by atoms with Gasteiger partial charge in [0.25, 0.3) is 0 Å². The molecule has 1 aliphatic heterocycles. The number of rotatable bonds is 8. The van der Waals surface area contributed by atoms with E-state index in [9.17, 15) is 4.79 Å². The van der Waals surface area contributed by atoms with Gasteiger partial charge >= 0.3 is 0 Å². The van der Waals surface area contributed by atoms with Crippen molar-refractivity contribution in [1.82, 2.24) is 0 Å². The molecule has 1 unspecified atom stereocenters. The van der Waals surface area contributed by atoms with Gasteiger partial charge < -0.3 is 18.9 Å². The largest absolute Gasteiger partial charge is 0.495 e. The van der Waals surface area contributed by atoms with Crippen LogP contribution in [0.25, 0.3) is 0 Å². The summed E-state index contributed by atoms with van der Waals surface area (Å²) in [7, 11) is 1.62. The average molecular weight is 228 g/mol. The highest BCUT2D eigenvalue weighted by Gasteiger charge is 2.12. The van der Waals surface area contributed by atoms with Gasteiger partial charge in [0.2, 0.25) is 0 Å². The Hall–Kier alpha value is -1.33. The molecule has 0 aromatic rings. The highest BCUT2D eigenvalue weighted by atomic mass is 16.5. The third kappa shape index (κ3) is 4.95. The quantitative estimate of drug-likeness (QED) is 0.347. The molecular formula is C11H16O5. The molecule has 0 saturated carbocycles. The third-order valence-corrected chi connectivity index (χ3v) is 1.83. The lowest BCUT2D eigenvalue weighted by Gasteiger charge is -2.05. The average Bonchev–Trinajstić information content (AvgIpc) is 2.76. The lowest BCUT2D eigenvalue weighted by atomic mass is 10.4. The molecule has 5 heteroatoms. The summed E-state index contributed by atoms with van der Waals surface area (Å²) in [5, 5.41) is 0. The maximum atomic E-state index is 10.4. The van der Waals surface area contributed by atoms with Crippen LogP contribution in [0.4, 0.5) is 0 Å². The van der Waals surface area contributed by atoms with Crippen molar-refractivity contribution in [2.75, 3.05) is 33.5 Å². The first-order valence-corrected chi connectivity index (χ1v) is 5.05. The van der Waals surface area contributed by atoms with Crippen LogP contribution >= 0.6 is 0 Å². The third-order valence-electron chi connectivity index (χ3n) is 1.83. The summed E-state index contributed by atoms with van der Waals surface area (Å²) in [6.45, 7) is 2.07. The molecule has 0 aromatic heterocycles. The molecule has 0 fully saturated rings. The molecule has 1 rings (SSSR count). The van der Waals surface area contributed by atoms with Crippen molar-refractivity contribution >= 4 is 6.29 Å². The fourth-order valence-corrected chi connectivity index (χ4v) is 1.06. The Morgan fingerprint density at radius 3 is 2.88 bits per heavy atom. The number of aldehydes is 1. The molecule has 90 valence electrons. The fourth-order valence-electron chi connectivity index (χ4n) is 1.06. The summed E-state index contributed by atoms with van der Waals surface area (Å²) in [5.41, 5.74) is 0. The van der Waals surface area contributed by atoms with Crippen LogP contribution < -0.4 is 0 Å². The SMILES string of the molecule is COCCOCCOC=C1C=CC(C=O)O1. The highest BCUT2D eigenvalue weighted by molar-refractivity contribution is 5.61. The van der Waals surface area contributed by atoms with Gasteiger partial charge in [-0.3, -0.25) is 4.79 Å². The zero-order valence-electron chi connectivity index (χ0n) is 9.26. The second-order valence-electron chi connectivity index (χ2n) is 3.07. The molecule has 0 radical (unpaired) electrons. The van der Waals surface area contributed by atoms with E-state index in [1.165, 1.54) is 6.26 Å². The number of hydrogen-bond acceptors (Lipinski definition) is 5. The first-order chi connectivity index (χ1) is 7.86. The second-order valence-corrected chi connectivity index (χ2v) is 3.07. The molecular weight excluding hydrogens is 212 g/mol.